The van der Waals surface area contributed by atoms with Gasteiger partial charge >= 0.3 is 0 Å². The molecule has 1 atom stereocenters. The topological polar surface area (TPSA) is 55.1 Å². The molecule has 1 unspecified atom stereocenters. The summed E-state index contributed by atoms with van der Waals surface area (Å²) in [6.07, 6.45) is 0. The van der Waals surface area contributed by atoms with Gasteiger partial charge in [-0.1, -0.05) is 41.9 Å². The molecule has 0 aliphatic heterocycles. The van der Waals surface area contributed by atoms with Crippen LogP contribution in [0.5, 0.6) is 0 Å². The van der Waals surface area contributed by atoms with E-state index >= 15 is 0 Å². The molecule has 0 bridgehead atoms. The van der Waals surface area contributed by atoms with Crippen LogP contribution in [0.25, 0.3) is 0 Å². The first-order valence-electron chi connectivity index (χ1n) is 6.36. The second kappa shape index (κ2) is 5.97. The second-order valence-corrected chi connectivity index (χ2v) is 5.21. The zero-order valence-electron chi connectivity index (χ0n) is 11.5. The van der Waals surface area contributed by atoms with Crippen molar-refractivity contribution in [3.05, 3.63) is 64.2 Å². The molecule has 0 saturated carbocycles. The Hall–Kier alpha value is -2.00. The van der Waals surface area contributed by atoms with E-state index in [9.17, 15) is 4.79 Å². The number of carbonyl (C=O) groups is 1. The van der Waals surface area contributed by atoms with Crippen LogP contribution in [0.1, 0.15) is 22.7 Å². The summed E-state index contributed by atoms with van der Waals surface area (Å²) >= 11 is 6.12. The summed E-state index contributed by atoms with van der Waals surface area (Å²) in [6.45, 7) is 3.89. The lowest BCUT2D eigenvalue weighted by Gasteiger charge is -2.19. The molecule has 0 radical (unpaired) electrons. The van der Waals surface area contributed by atoms with E-state index in [1.807, 2.05) is 50.2 Å². The number of carbonyl (C=O) groups excluding carboxylic acids is 1. The van der Waals surface area contributed by atoms with E-state index in [-0.39, 0.29) is 0 Å². The van der Waals surface area contributed by atoms with Gasteiger partial charge in [-0.2, -0.15) is 0 Å². The van der Waals surface area contributed by atoms with E-state index in [1.165, 1.54) is 0 Å². The van der Waals surface area contributed by atoms with Crippen LogP contribution in [0.2, 0.25) is 5.02 Å². The Bertz CT molecular complexity index is 640. The van der Waals surface area contributed by atoms with Gasteiger partial charge in [0.2, 0.25) is 5.91 Å². The van der Waals surface area contributed by atoms with Gasteiger partial charge in [-0.25, -0.2) is 0 Å². The smallest absolute Gasteiger partial charge is 0.244 e. The van der Waals surface area contributed by atoms with Gasteiger partial charge in [0.15, 0.2) is 0 Å². The van der Waals surface area contributed by atoms with Crippen molar-refractivity contribution in [3.63, 3.8) is 0 Å². The summed E-state index contributed by atoms with van der Waals surface area (Å²) in [5.41, 5.74) is 9.17. The molecule has 20 heavy (non-hydrogen) atoms. The number of rotatable bonds is 4. The molecule has 0 spiro atoms. The minimum absolute atomic E-state index is 0.437. The predicted octanol–water partition coefficient (Wildman–Crippen LogP) is 3.60. The summed E-state index contributed by atoms with van der Waals surface area (Å²) in [6, 6.07) is 12.7. The van der Waals surface area contributed by atoms with Crippen molar-refractivity contribution >= 4 is 23.2 Å². The van der Waals surface area contributed by atoms with E-state index in [1.54, 1.807) is 6.07 Å². The van der Waals surface area contributed by atoms with Crippen molar-refractivity contribution in [3.8, 4) is 0 Å². The van der Waals surface area contributed by atoms with Crippen molar-refractivity contribution in [2.75, 3.05) is 5.32 Å². The van der Waals surface area contributed by atoms with E-state index < -0.39 is 11.9 Å². The molecule has 3 N–H and O–H groups in total. The fraction of sp³-hybridized carbons (Fsp3) is 0.188. The minimum atomic E-state index is -0.603. The maximum absolute atomic E-state index is 11.7. The van der Waals surface area contributed by atoms with Gasteiger partial charge in [0.1, 0.15) is 6.04 Å². The second-order valence-electron chi connectivity index (χ2n) is 4.80. The van der Waals surface area contributed by atoms with Gasteiger partial charge in [-0.15, -0.1) is 0 Å². The Morgan fingerprint density at radius 2 is 1.85 bits per heavy atom. The number of benzene rings is 2. The van der Waals surface area contributed by atoms with Crippen LogP contribution in [-0.2, 0) is 4.79 Å². The van der Waals surface area contributed by atoms with Crippen LogP contribution in [-0.4, -0.2) is 5.91 Å². The number of hydrogen-bond acceptors (Lipinski definition) is 2. The lowest BCUT2D eigenvalue weighted by molar-refractivity contribution is -0.118. The third kappa shape index (κ3) is 3.11. The van der Waals surface area contributed by atoms with Gasteiger partial charge in [-0.05, 0) is 42.7 Å². The number of anilines is 1. The standard InChI is InChI=1S/C16H17ClN2O/c1-10-7-8-12(9-13(10)17)15(16(18)20)19-14-6-4-3-5-11(14)2/h3-9,15,19H,1-2H3,(H2,18,20). The quantitative estimate of drug-likeness (QED) is 0.903. The molecule has 2 aromatic carbocycles. The van der Waals surface area contributed by atoms with Gasteiger partial charge in [0, 0.05) is 10.7 Å². The summed E-state index contributed by atoms with van der Waals surface area (Å²) in [5, 5.41) is 3.80. The molecule has 4 heteroatoms. The van der Waals surface area contributed by atoms with Crippen molar-refractivity contribution in [2.24, 2.45) is 5.73 Å². The summed E-state index contributed by atoms with van der Waals surface area (Å²) in [5.74, 6) is -0.437. The molecule has 3 nitrogen and oxygen atoms in total. The molecule has 0 aromatic heterocycles. The molecule has 0 heterocycles. The van der Waals surface area contributed by atoms with E-state index in [0.717, 1.165) is 22.4 Å². The number of nitrogens with one attached hydrogen (secondary N) is 1. The molecule has 1 amide bonds. The molecule has 0 aliphatic carbocycles. The Kier molecular flexibility index (Phi) is 4.30. The average Bonchev–Trinajstić information content (AvgIpc) is 2.41. The van der Waals surface area contributed by atoms with Crippen LogP contribution in [0.4, 0.5) is 5.69 Å². The fourth-order valence-electron chi connectivity index (χ4n) is 2.00. The molecule has 0 aliphatic rings. The highest BCUT2D eigenvalue weighted by Crippen LogP contribution is 2.25. The number of amides is 1. The first-order valence-corrected chi connectivity index (χ1v) is 6.74. The van der Waals surface area contributed by atoms with Gasteiger partial charge in [0.05, 0.1) is 0 Å². The van der Waals surface area contributed by atoms with Crippen molar-refractivity contribution in [1.29, 1.82) is 0 Å². The lowest BCUT2D eigenvalue weighted by Crippen LogP contribution is -2.28. The van der Waals surface area contributed by atoms with E-state index in [4.69, 9.17) is 17.3 Å². The number of hydrogen-bond donors (Lipinski definition) is 2. The summed E-state index contributed by atoms with van der Waals surface area (Å²) < 4.78 is 0. The molecule has 0 saturated heterocycles. The van der Waals surface area contributed by atoms with Gasteiger partial charge in [-0.3, -0.25) is 4.79 Å². The monoisotopic (exact) mass is 288 g/mol. The maximum atomic E-state index is 11.7. The van der Waals surface area contributed by atoms with Crippen molar-refractivity contribution in [1.82, 2.24) is 0 Å². The van der Waals surface area contributed by atoms with Crippen LogP contribution < -0.4 is 11.1 Å². The SMILES string of the molecule is Cc1ccc(C(Nc2ccccc2C)C(N)=O)cc1Cl. The zero-order chi connectivity index (χ0) is 14.7. The third-order valence-corrected chi connectivity index (χ3v) is 3.67. The molecule has 2 rings (SSSR count). The summed E-state index contributed by atoms with van der Waals surface area (Å²) in [4.78, 5) is 11.7. The molecular weight excluding hydrogens is 272 g/mol. The number of aryl methyl sites for hydroxylation is 2. The van der Waals surface area contributed by atoms with Crippen molar-refractivity contribution in [2.45, 2.75) is 19.9 Å². The average molecular weight is 289 g/mol. The van der Waals surface area contributed by atoms with Crippen molar-refractivity contribution < 1.29 is 4.79 Å². The molecule has 104 valence electrons. The number of primary amides is 1. The van der Waals surface area contributed by atoms with Gasteiger partial charge in [0.25, 0.3) is 0 Å². The number of para-hydroxylation sites is 1. The minimum Gasteiger partial charge on any atom is -0.370 e. The Morgan fingerprint density at radius 1 is 1.15 bits per heavy atom. The Morgan fingerprint density at radius 3 is 2.45 bits per heavy atom. The largest absolute Gasteiger partial charge is 0.370 e. The van der Waals surface area contributed by atoms with Crippen LogP contribution in [0, 0.1) is 13.8 Å². The Balaban J connectivity index is 2.34. The van der Waals surface area contributed by atoms with Gasteiger partial charge < -0.3 is 11.1 Å². The highest BCUT2D eigenvalue weighted by Gasteiger charge is 2.18. The predicted molar refractivity (Wildman–Crippen MR) is 82.9 cm³/mol. The van der Waals surface area contributed by atoms with Crippen LogP contribution in [0.15, 0.2) is 42.5 Å². The normalized spacial score (nSPS) is 11.9. The maximum Gasteiger partial charge on any atom is 0.244 e. The lowest BCUT2D eigenvalue weighted by atomic mass is 10.0. The highest BCUT2D eigenvalue weighted by atomic mass is 35.5. The Labute approximate surface area is 123 Å². The molecule has 0 fully saturated rings. The van der Waals surface area contributed by atoms with Crippen LogP contribution >= 0.6 is 11.6 Å². The zero-order valence-corrected chi connectivity index (χ0v) is 12.2. The number of halogens is 1. The molecule has 2 aromatic rings. The highest BCUT2D eigenvalue weighted by molar-refractivity contribution is 6.31. The fourth-order valence-corrected chi connectivity index (χ4v) is 2.19. The van der Waals surface area contributed by atoms with Crippen LogP contribution in [0.3, 0.4) is 0 Å². The van der Waals surface area contributed by atoms with E-state index in [2.05, 4.69) is 5.32 Å². The first kappa shape index (κ1) is 14.4. The molecular formula is C16H17ClN2O. The first-order chi connectivity index (χ1) is 9.49. The number of nitrogens with two attached hydrogens (primary N) is 1. The summed E-state index contributed by atoms with van der Waals surface area (Å²) in [7, 11) is 0. The van der Waals surface area contributed by atoms with E-state index in [0.29, 0.717) is 5.02 Å². The third-order valence-electron chi connectivity index (χ3n) is 3.26.